The summed E-state index contributed by atoms with van der Waals surface area (Å²) in [6.45, 7) is 5.08. The van der Waals surface area contributed by atoms with Crippen LogP contribution in [-0.2, 0) is 23.0 Å². The van der Waals surface area contributed by atoms with Crippen molar-refractivity contribution in [3.05, 3.63) is 21.8 Å². The molecule has 0 bridgehead atoms. The van der Waals surface area contributed by atoms with Crippen molar-refractivity contribution in [2.45, 2.75) is 77.0 Å². The van der Waals surface area contributed by atoms with E-state index in [0.29, 0.717) is 10.7 Å². The first kappa shape index (κ1) is 26.2. The van der Waals surface area contributed by atoms with E-state index in [-0.39, 0.29) is 33.2 Å². The van der Waals surface area contributed by atoms with Gasteiger partial charge in [0.15, 0.2) is 5.16 Å². The van der Waals surface area contributed by atoms with E-state index in [1.54, 1.807) is 20.8 Å². The number of rotatable bonds is 10. The third kappa shape index (κ3) is 6.59. The number of hydrogen-bond donors (Lipinski definition) is 2. The lowest BCUT2D eigenvalue weighted by molar-refractivity contribution is -0.113. The number of nitrogens with one attached hydrogen (secondary N) is 1. The molecule has 2 amide bonds. The molecule has 34 heavy (non-hydrogen) atoms. The average Bonchev–Trinajstić information content (AvgIpc) is 3.30. The van der Waals surface area contributed by atoms with Gasteiger partial charge in [0.05, 0.1) is 22.3 Å². The van der Waals surface area contributed by atoms with Gasteiger partial charge in [0.1, 0.15) is 10.8 Å². The molecule has 0 spiro atoms. The molecule has 0 aromatic carbocycles. The van der Waals surface area contributed by atoms with E-state index in [0.717, 1.165) is 35.9 Å². The number of aromatic nitrogens is 3. The Balaban J connectivity index is 1.62. The summed E-state index contributed by atoms with van der Waals surface area (Å²) in [5, 5.41) is 12.2. The van der Waals surface area contributed by atoms with E-state index < -0.39 is 11.9 Å². The SMILES string of the molecule is Cc1c(C(N)=O)sc(NC(=O)CSc2nnc(CCC3CCCCC3)n2C)c1C(=O)OC(C)C. The molecule has 0 atom stereocenters. The van der Waals surface area contributed by atoms with Crippen LogP contribution in [0.5, 0.6) is 0 Å². The van der Waals surface area contributed by atoms with Gasteiger partial charge in [0.25, 0.3) is 5.91 Å². The number of hydrogen-bond acceptors (Lipinski definition) is 8. The molecular weight excluding hydrogens is 474 g/mol. The monoisotopic (exact) mass is 507 g/mol. The maximum absolute atomic E-state index is 12.7. The van der Waals surface area contributed by atoms with Crippen LogP contribution in [0.1, 0.15) is 83.8 Å². The van der Waals surface area contributed by atoms with Gasteiger partial charge in [-0.25, -0.2) is 4.79 Å². The number of amides is 2. The molecule has 0 saturated heterocycles. The smallest absolute Gasteiger partial charge is 0.341 e. The van der Waals surface area contributed by atoms with Gasteiger partial charge in [-0.3, -0.25) is 9.59 Å². The molecule has 2 aromatic heterocycles. The van der Waals surface area contributed by atoms with Crippen LogP contribution in [0.4, 0.5) is 5.00 Å². The minimum atomic E-state index is -0.657. The van der Waals surface area contributed by atoms with Crippen LogP contribution >= 0.6 is 23.1 Å². The summed E-state index contributed by atoms with van der Waals surface area (Å²) in [5.74, 6) is 0.185. The molecule has 1 aliphatic carbocycles. The van der Waals surface area contributed by atoms with Crippen molar-refractivity contribution in [2.24, 2.45) is 18.7 Å². The van der Waals surface area contributed by atoms with Gasteiger partial charge in [-0.15, -0.1) is 21.5 Å². The second-order valence-corrected chi connectivity index (χ2v) is 10.9. The maximum atomic E-state index is 12.7. The summed E-state index contributed by atoms with van der Waals surface area (Å²) in [6.07, 6.45) is 8.24. The Hall–Kier alpha value is -2.40. The van der Waals surface area contributed by atoms with Gasteiger partial charge >= 0.3 is 5.97 Å². The third-order valence-corrected chi connectivity index (χ3v) is 8.17. The van der Waals surface area contributed by atoms with Gasteiger partial charge in [0, 0.05) is 13.5 Å². The van der Waals surface area contributed by atoms with E-state index >= 15 is 0 Å². The highest BCUT2D eigenvalue weighted by Crippen LogP contribution is 2.34. The Morgan fingerprint density at radius 2 is 1.94 bits per heavy atom. The Bertz CT molecular complexity index is 1040. The average molecular weight is 508 g/mol. The molecule has 1 saturated carbocycles. The predicted molar refractivity (Wildman–Crippen MR) is 133 cm³/mol. The van der Waals surface area contributed by atoms with E-state index in [4.69, 9.17) is 10.5 Å². The zero-order valence-electron chi connectivity index (χ0n) is 20.2. The van der Waals surface area contributed by atoms with Crippen LogP contribution in [0.25, 0.3) is 0 Å². The molecule has 9 nitrogen and oxygen atoms in total. The highest BCUT2D eigenvalue weighted by molar-refractivity contribution is 7.99. The Kier molecular flexibility index (Phi) is 9.12. The molecule has 0 radical (unpaired) electrons. The number of esters is 1. The molecule has 3 rings (SSSR count). The van der Waals surface area contributed by atoms with Crippen molar-refractivity contribution in [3.8, 4) is 0 Å². The van der Waals surface area contributed by atoms with Crippen LogP contribution in [0.15, 0.2) is 5.16 Å². The number of anilines is 1. The van der Waals surface area contributed by atoms with Gasteiger partial charge in [0.2, 0.25) is 5.91 Å². The number of aryl methyl sites for hydroxylation is 1. The van der Waals surface area contributed by atoms with E-state index in [1.165, 1.54) is 43.9 Å². The number of primary amides is 1. The Morgan fingerprint density at radius 3 is 2.59 bits per heavy atom. The standard InChI is InChI=1S/C23H33N5O4S2/c1-13(2)32-22(31)18-14(3)19(20(24)30)34-21(18)25-17(29)12-33-23-27-26-16(28(23)4)11-10-15-8-6-5-7-9-15/h13,15H,5-12H2,1-4H3,(H2,24,30)(H,25,29). The van der Waals surface area contributed by atoms with Gasteiger partial charge in [-0.05, 0) is 38.7 Å². The number of thiophene rings is 1. The Morgan fingerprint density at radius 1 is 1.24 bits per heavy atom. The summed E-state index contributed by atoms with van der Waals surface area (Å²) in [7, 11) is 1.91. The van der Waals surface area contributed by atoms with Crippen LogP contribution in [-0.4, -0.2) is 44.4 Å². The van der Waals surface area contributed by atoms with Crippen molar-refractivity contribution < 1.29 is 19.1 Å². The first-order valence-electron chi connectivity index (χ1n) is 11.6. The molecule has 1 fully saturated rings. The summed E-state index contributed by atoms with van der Waals surface area (Å²) >= 11 is 2.25. The first-order chi connectivity index (χ1) is 16.2. The van der Waals surface area contributed by atoms with Crippen molar-refractivity contribution in [2.75, 3.05) is 11.1 Å². The second-order valence-electron chi connectivity index (χ2n) is 8.92. The molecule has 2 heterocycles. The zero-order valence-corrected chi connectivity index (χ0v) is 21.8. The largest absolute Gasteiger partial charge is 0.459 e. The highest BCUT2D eigenvalue weighted by atomic mass is 32.2. The minimum absolute atomic E-state index is 0.0795. The van der Waals surface area contributed by atoms with Crippen molar-refractivity contribution in [1.82, 2.24) is 14.8 Å². The van der Waals surface area contributed by atoms with Gasteiger partial charge in [-0.2, -0.15) is 0 Å². The fourth-order valence-electron chi connectivity index (χ4n) is 4.15. The number of carbonyl (C=O) groups excluding carboxylic acids is 3. The molecule has 0 unspecified atom stereocenters. The van der Waals surface area contributed by atoms with Crippen LogP contribution in [0.3, 0.4) is 0 Å². The number of thioether (sulfide) groups is 1. The molecule has 1 aliphatic rings. The minimum Gasteiger partial charge on any atom is -0.459 e. The van der Waals surface area contributed by atoms with Gasteiger partial charge in [-0.1, -0.05) is 43.9 Å². The summed E-state index contributed by atoms with van der Waals surface area (Å²) in [4.78, 5) is 37.2. The zero-order chi connectivity index (χ0) is 24.8. The molecule has 0 aliphatic heterocycles. The fourth-order valence-corrected chi connectivity index (χ4v) is 5.94. The fraction of sp³-hybridized carbons (Fsp3) is 0.609. The highest BCUT2D eigenvalue weighted by Gasteiger charge is 2.26. The second kappa shape index (κ2) is 11.8. The summed E-state index contributed by atoms with van der Waals surface area (Å²) < 4.78 is 7.22. The van der Waals surface area contributed by atoms with Crippen LogP contribution in [0, 0.1) is 12.8 Å². The molecule has 3 N–H and O–H groups in total. The topological polar surface area (TPSA) is 129 Å². The number of ether oxygens (including phenoxy) is 1. The predicted octanol–water partition coefficient (Wildman–Crippen LogP) is 4.09. The van der Waals surface area contributed by atoms with Crippen molar-refractivity contribution in [3.63, 3.8) is 0 Å². The van der Waals surface area contributed by atoms with Gasteiger partial charge < -0.3 is 20.4 Å². The molecule has 11 heteroatoms. The van der Waals surface area contributed by atoms with E-state index in [1.807, 2.05) is 11.6 Å². The lowest BCUT2D eigenvalue weighted by Gasteiger charge is -2.20. The molecule has 2 aromatic rings. The lowest BCUT2D eigenvalue weighted by Crippen LogP contribution is -2.18. The normalized spacial score (nSPS) is 14.4. The quantitative estimate of drug-likeness (QED) is 0.366. The number of nitrogens with two attached hydrogens (primary N) is 1. The summed E-state index contributed by atoms with van der Waals surface area (Å²) in [5.41, 5.74) is 6.01. The summed E-state index contributed by atoms with van der Waals surface area (Å²) in [6, 6.07) is 0. The maximum Gasteiger partial charge on any atom is 0.341 e. The number of carbonyl (C=O) groups is 3. The lowest BCUT2D eigenvalue weighted by atomic mass is 9.86. The Labute approximate surface area is 208 Å². The van der Waals surface area contributed by atoms with Crippen LogP contribution < -0.4 is 11.1 Å². The van der Waals surface area contributed by atoms with E-state index in [9.17, 15) is 14.4 Å². The molecular formula is C23H33N5O4S2. The first-order valence-corrected chi connectivity index (χ1v) is 13.4. The van der Waals surface area contributed by atoms with E-state index in [2.05, 4.69) is 15.5 Å². The van der Waals surface area contributed by atoms with Crippen LogP contribution in [0.2, 0.25) is 0 Å². The van der Waals surface area contributed by atoms with Crippen molar-refractivity contribution >= 4 is 45.9 Å². The third-order valence-electron chi connectivity index (χ3n) is 5.93. The number of nitrogens with zero attached hydrogens (tertiary/aromatic N) is 3. The van der Waals surface area contributed by atoms with Crippen molar-refractivity contribution in [1.29, 1.82) is 0 Å². The molecule has 186 valence electrons.